The van der Waals surface area contributed by atoms with E-state index in [1.54, 1.807) is 12.1 Å². The van der Waals surface area contributed by atoms with E-state index in [2.05, 4.69) is 12.2 Å². The standard InChI is InChI=1S/C25H32N2O3/c1-4-19-7-9-22(10-8-19)25(29)27-15-5-6-20(16-27)17-30-23-13-11-21(12-14-23)24(28)26-18(2)3/h7-14,18,20H,4-6,15-17H2,1-3H3,(H,26,28)/t20-/m1/s1. The third kappa shape index (κ3) is 5.85. The summed E-state index contributed by atoms with van der Waals surface area (Å²) in [5, 5.41) is 2.88. The molecule has 1 aliphatic rings. The minimum Gasteiger partial charge on any atom is -0.493 e. The van der Waals surface area contributed by atoms with Gasteiger partial charge in [-0.2, -0.15) is 0 Å². The Balaban J connectivity index is 1.52. The molecule has 0 radical (unpaired) electrons. The maximum atomic E-state index is 12.8. The lowest BCUT2D eigenvalue weighted by Gasteiger charge is -2.32. The average molecular weight is 409 g/mol. The Labute approximate surface area is 179 Å². The SMILES string of the molecule is CCc1ccc(C(=O)N2CCC[C@@H](COc3ccc(C(=O)NC(C)C)cc3)C2)cc1. The van der Waals surface area contributed by atoms with Gasteiger partial charge in [0.1, 0.15) is 5.75 Å². The molecule has 0 unspecified atom stereocenters. The van der Waals surface area contributed by atoms with E-state index in [9.17, 15) is 9.59 Å². The first kappa shape index (κ1) is 21.9. The van der Waals surface area contributed by atoms with E-state index in [1.165, 1.54) is 5.56 Å². The molecule has 1 saturated heterocycles. The fourth-order valence-corrected chi connectivity index (χ4v) is 3.71. The predicted octanol–water partition coefficient (Wildman–Crippen LogP) is 4.32. The van der Waals surface area contributed by atoms with Crippen molar-refractivity contribution in [1.29, 1.82) is 0 Å². The molecule has 1 heterocycles. The van der Waals surface area contributed by atoms with E-state index < -0.39 is 0 Å². The Morgan fingerprint density at radius 1 is 1.07 bits per heavy atom. The average Bonchev–Trinajstić information content (AvgIpc) is 2.77. The molecule has 0 aromatic heterocycles. The first-order valence-electron chi connectivity index (χ1n) is 10.9. The summed E-state index contributed by atoms with van der Waals surface area (Å²) in [6, 6.07) is 15.2. The summed E-state index contributed by atoms with van der Waals surface area (Å²) in [4.78, 5) is 26.8. The first-order valence-corrected chi connectivity index (χ1v) is 10.9. The number of nitrogens with zero attached hydrogens (tertiary/aromatic N) is 1. The van der Waals surface area contributed by atoms with Crippen LogP contribution in [0.2, 0.25) is 0 Å². The molecule has 1 N–H and O–H groups in total. The molecule has 3 rings (SSSR count). The van der Waals surface area contributed by atoms with Gasteiger partial charge in [-0.15, -0.1) is 0 Å². The normalized spacial score (nSPS) is 16.4. The van der Waals surface area contributed by atoms with Crippen LogP contribution in [0, 0.1) is 5.92 Å². The van der Waals surface area contributed by atoms with Crippen molar-refractivity contribution in [2.45, 2.75) is 46.1 Å². The molecule has 2 aromatic rings. The molecule has 5 heteroatoms. The molecule has 1 atom stereocenters. The van der Waals surface area contributed by atoms with Crippen molar-refractivity contribution in [3.8, 4) is 5.75 Å². The van der Waals surface area contributed by atoms with Gasteiger partial charge in [-0.25, -0.2) is 0 Å². The molecule has 2 aromatic carbocycles. The number of carbonyl (C=O) groups excluding carboxylic acids is 2. The highest BCUT2D eigenvalue weighted by Gasteiger charge is 2.25. The molecule has 0 aliphatic carbocycles. The lowest BCUT2D eigenvalue weighted by molar-refractivity contribution is 0.0633. The van der Waals surface area contributed by atoms with Crippen LogP contribution in [0.5, 0.6) is 5.75 Å². The maximum Gasteiger partial charge on any atom is 0.253 e. The van der Waals surface area contributed by atoms with Crippen molar-refractivity contribution in [2.75, 3.05) is 19.7 Å². The van der Waals surface area contributed by atoms with E-state index in [0.29, 0.717) is 24.6 Å². The number of piperidine rings is 1. The van der Waals surface area contributed by atoms with Gasteiger partial charge < -0.3 is 15.0 Å². The Hall–Kier alpha value is -2.82. The van der Waals surface area contributed by atoms with Crippen molar-refractivity contribution in [2.24, 2.45) is 5.92 Å². The molecule has 1 aliphatic heterocycles. The van der Waals surface area contributed by atoms with Crippen LogP contribution in [0.4, 0.5) is 0 Å². The number of benzene rings is 2. The first-order chi connectivity index (χ1) is 14.5. The van der Waals surface area contributed by atoms with Crippen LogP contribution >= 0.6 is 0 Å². The Bertz CT molecular complexity index is 844. The number of likely N-dealkylation sites (tertiary alicyclic amines) is 1. The van der Waals surface area contributed by atoms with Crippen LogP contribution in [0.25, 0.3) is 0 Å². The molecule has 0 saturated carbocycles. The van der Waals surface area contributed by atoms with Crippen LogP contribution in [0.1, 0.15) is 59.9 Å². The summed E-state index contributed by atoms with van der Waals surface area (Å²) in [7, 11) is 0. The molecule has 1 fully saturated rings. The number of carbonyl (C=O) groups is 2. The number of rotatable bonds is 7. The van der Waals surface area contributed by atoms with E-state index in [1.807, 2.05) is 55.1 Å². The van der Waals surface area contributed by atoms with Crippen LogP contribution in [-0.4, -0.2) is 42.5 Å². The summed E-state index contributed by atoms with van der Waals surface area (Å²) in [6.45, 7) is 8.06. The van der Waals surface area contributed by atoms with Gasteiger partial charge in [0.25, 0.3) is 11.8 Å². The van der Waals surface area contributed by atoms with E-state index in [-0.39, 0.29) is 17.9 Å². The summed E-state index contributed by atoms with van der Waals surface area (Å²) in [6.07, 6.45) is 3.01. The van der Waals surface area contributed by atoms with Gasteiger partial charge in [-0.1, -0.05) is 19.1 Å². The molecule has 2 amide bonds. The number of amides is 2. The van der Waals surface area contributed by atoms with Crippen molar-refractivity contribution in [3.05, 3.63) is 65.2 Å². The Kier molecular flexibility index (Phi) is 7.50. The molecule has 30 heavy (non-hydrogen) atoms. The van der Waals surface area contributed by atoms with E-state index in [4.69, 9.17) is 4.74 Å². The summed E-state index contributed by atoms with van der Waals surface area (Å²) in [5.41, 5.74) is 2.62. The largest absolute Gasteiger partial charge is 0.493 e. The van der Waals surface area contributed by atoms with Crippen LogP contribution < -0.4 is 10.1 Å². The van der Waals surface area contributed by atoms with Crippen molar-refractivity contribution in [3.63, 3.8) is 0 Å². The molecular formula is C25H32N2O3. The molecular weight excluding hydrogens is 376 g/mol. The van der Waals surface area contributed by atoms with Crippen molar-refractivity contribution >= 4 is 11.8 Å². The Morgan fingerprint density at radius 2 is 1.73 bits per heavy atom. The monoisotopic (exact) mass is 408 g/mol. The third-order valence-electron chi connectivity index (χ3n) is 5.44. The van der Waals surface area contributed by atoms with Gasteiger partial charge in [0, 0.05) is 36.2 Å². The second kappa shape index (κ2) is 10.3. The second-order valence-corrected chi connectivity index (χ2v) is 8.27. The number of hydrogen-bond acceptors (Lipinski definition) is 3. The van der Waals surface area contributed by atoms with Crippen LogP contribution in [0.3, 0.4) is 0 Å². The minimum atomic E-state index is -0.0787. The zero-order valence-corrected chi connectivity index (χ0v) is 18.2. The summed E-state index contributed by atoms with van der Waals surface area (Å²) >= 11 is 0. The fraction of sp³-hybridized carbons (Fsp3) is 0.440. The van der Waals surface area contributed by atoms with Crippen LogP contribution in [0.15, 0.2) is 48.5 Å². The van der Waals surface area contributed by atoms with Gasteiger partial charge in [0.15, 0.2) is 0 Å². The van der Waals surface area contributed by atoms with Gasteiger partial charge in [-0.05, 0) is 75.1 Å². The lowest BCUT2D eigenvalue weighted by Crippen LogP contribution is -2.41. The maximum absolute atomic E-state index is 12.8. The van der Waals surface area contributed by atoms with Gasteiger partial charge in [-0.3, -0.25) is 9.59 Å². The summed E-state index contributed by atoms with van der Waals surface area (Å²) in [5.74, 6) is 1.07. The highest BCUT2D eigenvalue weighted by atomic mass is 16.5. The molecule has 0 spiro atoms. The predicted molar refractivity (Wildman–Crippen MR) is 119 cm³/mol. The summed E-state index contributed by atoms with van der Waals surface area (Å²) < 4.78 is 5.96. The second-order valence-electron chi connectivity index (χ2n) is 8.27. The molecule has 0 bridgehead atoms. The third-order valence-corrected chi connectivity index (χ3v) is 5.44. The number of ether oxygens (including phenoxy) is 1. The lowest BCUT2D eigenvalue weighted by atomic mass is 9.98. The molecule has 160 valence electrons. The van der Waals surface area contributed by atoms with Crippen LogP contribution in [-0.2, 0) is 6.42 Å². The van der Waals surface area contributed by atoms with E-state index in [0.717, 1.165) is 37.1 Å². The number of nitrogens with one attached hydrogen (secondary N) is 1. The highest BCUT2D eigenvalue weighted by Crippen LogP contribution is 2.21. The fourth-order valence-electron chi connectivity index (χ4n) is 3.71. The molecule has 5 nitrogen and oxygen atoms in total. The number of aryl methyl sites for hydroxylation is 1. The quantitative estimate of drug-likeness (QED) is 0.742. The highest BCUT2D eigenvalue weighted by molar-refractivity contribution is 5.94. The zero-order valence-electron chi connectivity index (χ0n) is 18.2. The van der Waals surface area contributed by atoms with Gasteiger partial charge in [0.2, 0.25) is 0 Å². The Morgan fingerprint density at radius 3 is 2.37 bits per heavy atom. The van der Waals surface area contributed by atoms with Crippen molar-refractivity contribution in [1.82, 2.24) is 10.2 Å². The van der Waals surface area contributed by atoms with Gasteiger partial charge in [0.05, 0.1) is 6.61 Å². The van der Waals surface area contributed by atoms with E-state index >= 15 is 0 Å². The number of hydrogen-bond donors (Lipinski definition) is 1. The topological polar surface area (TPSA) is 58.6 Å². The smallest absolute Gasteiger partial charge is 0.253 e. The minimum absolute atomic E-state index is 0.0787. The zero-order chi connectivity index (χ0) is 21.5. The van der Waals surface area contributed by atoms with Crippen molar-refractivity contribution < 1.29 is 14.3 Å². The van der Waals surface area contributed by atoms with Gasteiger partial charge >= 0.3 is 0 Å².